The SMILES string of the molecule is Cc1cc(C)c(-c2ccc3c(n2)[n-]c2ccccc23)c(C)c1.Cc1ccc(-c2ccc3c(n2)[n-]c2ccccc23)c(C)c1.[Pt+2].[Pt+2].[c-]1cccc2ccc3cccnc3c12.[c-]1cccc2ccc3cccnc3c12. The molecular formula is C65H48N6Pt2. The maximum Gasteiger partial charge on any atom is 2.00 e. The summed E-state index contributed by atoms with van der Waals surface area (Å²) in [6.45, 7) is 10.7. The molecule has 358 valence electrons. The Morgan fingerprint density at radius 1 is 0.384 bits per heavy atom. The summed E-state index contributed by atoms with van der Waals surface area (Å²) in [5.74, 6) is 0. The largest absolute Gasteiger partial charge is 2.00 e. The number of hydrogen-bond donors (Lipinski definition) is 0. The van der Waals surface area contributed by atoms with Gasteiger partial charge in [0, 0.05) is 12.4 Å². The van der Waals surface area contributed by atoms with Crippen LogP contribution in [0.15, 0.2) is 200 Å². The summed E-state index contributed by atoms with van der Waals surface area (Å²) >= 11 is 0. The molecule has 0 saturated carbocycles. The van der Waals surface area contributed by atoms with Gasteiger partial charge >= 0.3 is 42.1 Å². The zero-order valence-corrected chi connectivity index (χ0v) is 45.4. The Morgan fingerprint density at radius 3 is 1.38 bits per heavy atom. The van der Waals surface area contributed by atoms with E-state index < -0.39 is 0 Å². The number of aromatic nitrogens is 6. The second-order valence-corrected chi connectivity index (χ2v) is 18.0. The molecule has 0 amide bonds. The van der Waals surface area contributed by atoms with Crippen molar-refractivity contribution in [3.63, 3.8) is 0 Å². The molecule has 0 aliphatic rings. The van der Waals surface area contributed by atoms with Gasteiger partial charge in [0.2, 0.25) is 0 Å². The first-order valence-electron chi connectivity index (χ1n) is 23.8. The Kier molecular flexibility index (Phi) is 15.2. The van der Waals surface area contributed by atoms with Gasteiger partial charge in [-0.15, -0.1) is 70.1 Å². The Morgan fingerprint density at radius 2 is 0.849 bits per heavy atom. The van der Waals surface area contributed by atoms with E-state index in [-0.39, 0.29) is 42.1 Å². The summed E-state index contributed by atoms with van der Waals surface area (Å²) in [5, 5.41) is 11.5. The van der Waals surface area contributed by atoms with Gasteiger partial charge in [-0.3, -0.25) is 0 Å². The Bertz CT molecular complexity index is 4030. The molecule has 0 unspecified atom stereocenters. The van der Waals surface area contributed by atoms with Crippen LogP contribution in [-0.4, -0.2) is 19.9 Å². The van der Waals surface area contributed by atoms with Crippen molar-refractivity contribution in [3.8, 4) is 22.5 Å². The van der Waals surface area contributed by atoms with E-state index in [4.69, 9.17) is 9.97 Å². The third-order valence-corrected chi connectivity index (χ3v) is 13.0. The van der Waals surface area contributed by atoms with Gasteiger partial charge in [0.15, 0.2) is 0 Å². The standard InChI is InChI=1S/C20H17N2.C19H15N2.2C13H8N.2Pt/c1-12-10-13(2)19(14(3)11-12)18-9-8-16-15-6-4-5-7-17(15)21-20(16)22-18;1-12-7-8-14(13(2)11-12)18-10-9-16-15-5-3-4-6-17(15)20-19(16)21-18;2*1-2-6-12-10(4-1)7-8-11-5-3-9-14-13(11)12;;/h4-11H,1-3H3;3-11H,1-2H3;2*1-5,7-9H;;/q4*-1;2*+2. The molecule has 6 heterocycles. The van der Waals surface area contributed by atoms with Gasteiger partial charge in [-0.25, -0.2) is 0 Å². The van der Waals surface area contributed by atoms with E-state index in [1.165, 1.54) is 71.3 Å². The summed E-state index contributed by atoms with van der Waals surface area (Å²) in [6.07, 6.45) is 3.64. The second kappa shape index (κ2) is 22.0. The van der Waals surface area contributed by atoms with Crippen LogP contribution in [0.3, 0.4) is 0 Å². The van der Waals surface area contributed by atoms with Crippen LogP contribution in [0, 0.1) is 46.8 Å². The van der Waals surface area contributed by atoms with Gasteiger partial charge in [0.25, 0.3) is 0 Å². The number of para-hydroxylation sites is 2. The maximum absolute atomic E-state index is 4.82. The van der Waals surface area contributed by atoms with E-state index in [0.717, 1.165) is 66.3 Å². The molecule has 0 radical (unpaired) electrons. The Hall–Kier alpha value is -7.62. The van der Waals surface area contributed by atoms with Crippen molar-refractivity contribution in [1.29, 1.82) is 0 Å². The first-order chi connectivity index (χ1) is 34.8. The van der Waals surface area contributed by atoms with E-state index in [1.54, 1.807) is 0 Å². The second-order valence-electron chi connectivity index (χ2n) is 18.0. The van der Waals surface area contributed by atoms with Crippen LogP contribution in [0.25, 0.3) is 110 Å². The van der Waals surface area contributed by atoms with Gasteiger partial charge in [-0.05, 0) is 140 Å². The molecule has 6 aromatic heterocycles. The summed E-state index contributed by atoms with van der Waals surface area (Å²) in [4.78, 5) is 27.6. The minimum atomic E-state index is 0. The number of pyridine rings is 4. The van der Waals surface area contributed by atoms with Crippen LogP contribution < -0.4 is 9.97 Å². The molecule has 0 saturated heterocycles. The molecule has 0 N–H and O–H groups in total. The van der Waals surface area contributed by atoms with E-state index in [2.05, 4.69) is 182 Å². The fraction of sp³-hybridized carbons (Fsp3) is 0.0769. The van der Waals surface area contributed by atoms with Crippen molar-refractivity contribution in [1.82, 2.24) is 29.9 Å². The zero-order valence-electron chi connectivity index (χ0n) is 40.9. The van der Waals surface area contributed by atoms with Crippen molar-refractivity contribution in [2.24, 2.45) is 0 Å². The third-order valence-electron chi connectivity index (χ3n) is 13.0. The predicted molar refractivity (Wildman–Crippen MR) is 296 cm³/mol. The average Bonchev–Trinajstić information content (AvgIpc) is 3.97. The molecule has 8 heteroatoms. The third kappa shape index (κ3) is 10.4. The smallest absolute Gasteiger partial charge is 0.435 e. The fourth-order valence-electron chi connectivity index (χ4n) is 9.76. The van der Waals surface area contributed by atoms with E-state index in [1.807, 2.05) is 85.2 Å². The van der Waals surface area contributed by atoms with Crippen molar-refractivity contribution in [3.05, 3.63) is 240 Å². The van der Waals surface area contributed by atoms with Crippen LogP contribution in [0.2, 0.25) is 0 Å². The minimum Gasteiger partial charge on any atom is -0.435 e. The number of nitrogens with zero attached hydrogens (tertiary/aromatic N) is 6. The van der Waals surface area contributed by atoms with Crippen molar-refractivity contribution in [2.45, 2.75) is 34.6 Å². The molecular weight excluding hydrogens is 1250 g/mol. The average molecular weight is 1300 g/mol. The van der Waals surface area contributed by atoms with Crippen LogP contribution in [-0.2, 0) is 42.1 Å². The molecule has 14 aromatic rings. The van der Waals surface area contributed by atoms with Crippen molar-refractivity contribution in [2.75, 3.05) is 0 Å². The number of rotatable bonds is 2. The first-order valence-corrected chi connectivity index (χ1v) is 23.8. The van der Waals surface area contributed by atoms with Crippen LogP contribution in [0.4, 0.5) is 0 Å². The molecule has 0 atom stereocenters. The Labute approximate surface area is 453 Å². The first kappa shape index (κ1) is 50.3. The van der Waals surface area contributed by atoms with Gasteiger partial charge in [0.1, 0.15) is 0 Å². The van der Waals surface area contributed by atoms with Crippen molar-refractivity contribution < 1.29 is 42.1 Å². The summed E-state index contributed by atoms with van der Waals surface area (Å²) < 4.78 is 0. The number of aryl methyl sites for hydroxylation is 5. The zero-order chi connectivity index (χ0) is 48.4. The topological polar surface area (TPSA) is 79.8 Å². The van der Waals surface area contributed by atoms with Crippen molar-refractivity contribution >= 4 is 87.2 Å². The van der Waals surface area contributed by atoms with Gasteiger partial charge < -0.3 is 29.9 Å². The number of hydrogen-bond acceptors (Lipinski definition) is 4. The summed E-state index contributed by atoms with van der Waals surface area (Å²) in [7, 11) is 0. The molecule has 0 aliphatic carbocycles. The maximum atomic E-state index is 4.82. The quantitative estimate of drug-likeness (QED) is 0.127. The fourth-order valence-corrected chi connectivity index (χ4v) is 9.76. The molecule has 14 rings (SSSR count). The molecule has 0 fully saturated rings. The molecule has 6 nitrogen and oxygen atoms in total. The van der Waals surface area contributed by atoms with Crippen LogP contribution in [0.1, 0.15) is 27.8 Å². The molecule has 0 aliphatic heterocycles. The molecule has 8 aromatic carbocycles. The van der Waals surface area contributed by atoms with E-state index in [0.29, 0.717) is 0 Å². The van der Waals surface area contributed by atoms with Gasteiger partial charge in [0.05, 0.1) is 0 Å². The minimum absolute atomic E-state index is 0. The van der Waals surface area contributed by atoms with Crippen LogP contribution >= 0.6 is 0 Å². The van der Waals surface area contributed by atoms with E-state index >= 15 is 0 Å². The normalized spacial score (nSPS) is 10.9. The number of fused-ring (bicyclic) bond motifs is 12. The summed E-state index contributed by atoms with van der Waals surface area (Å²) in [5.41, 5.74) is 16.5. The van der Waals surface area contributed by atoms with Gasteiger partial charge in [-0.1, -0.05) is 162 Å². The molecule has 0 bridgehead atoms. The number of benzene rings is 8. The summed E-state index contributed by atoms with van der Waals surface area (Å²) in [6, 6.07) is 70.7. The molecule has 73 heavy (non-hydrogen) atoms. The molecule has 0 spiro atoms. The monoisotopic (exact) mass is 1300 g/mol. The van der Waals surface area contributed by atoms with Gasteiger partial charge in [-0.2, -0.15) is 0 Å². The predicted octanol–water partition coefficient (Wildman–Crippen LogP) is 15.9. The Balaban J connectivity index is 0.000000121. The van der Waals surface area contributed by atoms with Crippen LogP contribution in [0.5, 0.6) is 0 Å². The van der Waals surface area contributed by atoms with E-state index in [9.17, 15) is 0 Å².